The van der Waals surface area contributed by atoms with Crippen molar-refractivity contribution in [2.75, 3.05) is 0 Å². The molecule has 0 saturated carbocycles. The average Bonchev–Trinajstić information content (AvgIpc) is 2.81. The summed E-state index contributed by atoms with van der Waals surface area (Å²) < 4.78 is 5.08. The largest absolute Gasteiger partial charge is 0.507 e. The molecule has 3 rings (SSSR count). The summed E-state index contributed by atoms with van der Waals surface area (Å²) in [5.41, 5.74) is 0.159. The van der Waals surface area contributed by atoms with Crippen LogP contribution in [0.15, 0.2) is 60.9 Å². The molecule has 0 amide bonds. The number of benzene rings is 2. The SMILES string of the molecule is CCCCCc1ncnc(CCCCC)n1.O=C(Oc1ccccc1)c1ccccc1O. The van der Waals surface area contributed by atoms with Crippen LogP contribution in [0.1, 0.15) is 74.4 Å². The van der Waals surface area contributed by atoms with E-state index in [4.69, 9.17) is 4.74 Å². The fraction of sp³-hybridized carbons (Fsp3) is 0.385. The number of phenolic OH excluding ortho intramolecular Hbond substituents is 1. The molecule has 0 fully saturated rings. The lowest BCUT2D eigenvalue weighted by atomic mass is 10.2. The molecule has 0 unspecified atom stereocenters. The maximum atomic E-state index is 11.7. The summed E-state index contributed by atoms with van der Waals surface area (Å²) in [5.74, 6) is 1.74. The Hall–Kier alpha value is -3.28. The van der Waals surface area contributed by atoms with E-state index in [0.717, 1.165) is 24.5 Å². The summed E-state index contributed by atoms with van der Waals surface area (Å²) in [6.07, 6.45) is 11.0. The minimum absolute atomic E-state index is 0.0802. The Morgan fingerprint density at radius 1 is 0.812 bits per heavy atom. The molecular weight excluding hydrogens is 402 g/mol. The van der Waals surface area contributed by atoms with E-state index in [2.05, 4.69) is 28.8 Å². The number of carbonyl (C=O) groups is 1. The third-order valence-corrected chi connectivity index (χ3v) is 4.76. The number of carbonyl (C=O) groups excluding carboxylic acids is 1. The van der Waals surface area contributed by atoms with Crippen molar-refractivity contribution in [3.05, 3.63) is 78.1 Å². The first-order valence-corrected chi connectivity index (χ1v) is 11.4. The molecule has 0 bridgehead atoms. The quantitative estimate of drug-likeness (QED) is 0.241. The number of hydrogen-bond acceptors (Lipinski definition) is 6. The second-order valence-electron chi connectivity index (χ2n) is 7.45. The Morgan fingerprint density at radius 2 is 1.38 bits per heavy atom. The summed E-state index contributed by atoms with van der Waals surface area (Å²) in [4.78, 5) is 24.6. The number of aromatic hydroxyl groups is 1. The molecule has 0 aliphatic rings. The normalized spacial score (nSPS) is 10.2. The summed E-state index contributed by atoms with van der Waals surface area (Å²) in [6, 6.07) is 15.0. The Balaban J connectivity index is 0.000000227. The van der Waals surface area contributed by atoms with Crippen LogP contribution in [0.4, 0.5) is 0 Å². The maximum Gasteiger partial charge on any atom is 0.347 e. The molecule has 6 nitrogen and oxygen atoms in total. The van der Waals surface area contributed by atoms with Crippen LogP contribution >= 0.6 is 0 Å². The molecule has 1 heterocycles. The first-order valence-electron chi connectivity index (χ1n) is 11.4. The molecule has 2 aromatic carbocycles. The van der Waals surface area contributed by atoms with Crippen molar-refractivity contribution in [1.29, 1.82) is 0 Å². The number of esters is 1. The van der Waals surface area contributed by atoms with Gasteiger partial charge in [-0.2, -0.15) is 0 Å². The number of aromatic nitrogens is 3. The number of unbranched alkanes of at least 4 members (excludes halogenated alkanes) is 4. The summed E-state index contributed by atoms with van der Waals surface area (Å²) in [5, 5.41) is 9.46. The van der Waals surface area contributed by atoms with Crippen molar-refractivity contribution in [1.82, 2.24) is 15.0 Å². The van der Waals surface area contributed by atoms with E-state index >= 15 is 0 Å². The van der Waals surface area contributed by atoms with Gasteiger partial charge >= 0.3 is 5.97 Å². The van der Waals surface area contributed by atoms with Crippen molar-refractivity contribution in [2.45, 2.75) is 65.2 Å². The zero-order valence-electron chi connectivity index (χ0n) is 19.0. The molecule has 0 atom stereocenters. The zero-order valence-corrected chi connectivity index (χ0v) is 19.0. The smallest absolute Gasteiger partial charge is 0.347 e. The van der Waals surface area contributed by atoms with Crippen molar-refractivity contribution in [3.8, 4) is 11.5 Å². The lowest BCUT2D eigenvalue weighted by molar-refractivity contribution is 0.0731. The summed E-state index contributed by atoms with van der Waals surface area (Å²) in [7, 11) is 0. The monoisotopic (exact) mass is 435 g/mol. The molecular formula is C26H33N3O3. The molecule has 0 radical (unpaired) electrons. The van der Waals surface area contributed by atoms with Gasteiger partial charge in [-0.25, -0.2) is 19.7 Å². The van der Waals surface area contributed by atoms with E-state index in [1.54, 1.807) is 42.7 Å². The van der Waals surface area contributed by atoms with Crippen LogP contribution in [0, 0.1) is 0 Å². The van der Waals surface area contributed by atoms with Crippen molar-refractivity contribution >= 4 is 5.97 Å². The Labute approximate surface area is 190 Å². The lowest BCUT2D eigenvalue weighted by Gasteiger charge is -2.04. The molecule has 32 heavy (non-hydrogen) atoms. The number of para-hydroxylation sites is 2. The standard InChI is InChI=1S/C13H23N3.C13H10O3/c1-3-5-7-9-12-14-11-15-13(16-12)10-8-6-4-2;14-12-9-5-4-8-11(12)13(15)16-10-6-2-1-3-7-10/h11H,3-10H2,1-2H3;1-9,14H. The molecule has 1 aromatic heterocycles. The number of rotatable bonds is 10. The van der Waals surface area contributed by atoms with Crippen LogP contribution < -0.4 is 4.74 Å². The van der Waals surface area contributed by atoms with Gasteiger partial charge in [0.1, 0.15) is 35.0 Å². The van der Waals surface area contributed by atoms with Crippen LogP contribution in [0.2, 0.25) is 0 Å². The van der Waals surface area contributed by atoms with Gasteiger partial charge in [-0.3, -0.25) is 0 Å². The van der Waals surface area contributed by atoms with Gasteiger partial charge in [0, 0.05) is 12.8 Å². The van der Waals surface area contributed by atoms with Gasteiger partial charge in [-0.05, 0) is 37.1 Å². The predicted octanol–water partition coefficient (Wildman–Crippen LogP) is 5.95. The average molecular weight is 436 g/mol. The third kappa shape index (κ3) is 9.25. The minimum Gasteiger partial charge on any atom is -0.507 e. The van der Waals surface area contributed by atoms with Gasteiger partial charge in [0.15, 0.2) is 0 Å². The van der Waals surface area contributed by atoms with Gasteiger partial charge in [0.25, 0.3) is 0 Å². The van der Waals surface area contributed by atoms with Crippen LogP contribution in [-0.4, -0.2) is 26.0 Å². The Bertz CT molecular complexity index is 907. The molecule has 170 valence electrons. The van der Waals surface area contributed by atoms with Gasteiger partial charge in [-0.15, -0.1) is 0 Å². The molecule has 0 saturated heterocycles. The van der Waals surface area contributed by atoms with Crippen LogP contribution in [-0.2, 0) is 12.8 Å². The van der Waals surface area contributed by atoms with Crippen molar-refractivity contribution in [3.63, 3.8) is 0 Å². The zero-order chi connectivity index (χ0) is 23.0. The van der Waals surface area contributed by atoms with Gasteiger partial charge in [0.2, 0.25) is 0 Å². The molecule has 1 N–H and O–H groups in total. The number of ether oxygens (including phenoxy) is 1. The van der Waals surface area contributed by atoms with E-state index in [-0.39, 0.29) is 11.3 Å². The van der Waals surface area contributed by atoms with E-state index in [1.165, 1.54) is 50.7 Å². The molecule has 0 aliphatic heterocycles. The Kier molecular flexibility index (Phi) is 11.5. The maximum absolute atomic E-state index is 11.7. The van der Waals surface area contributed by atoms with E-state index in [9.17, 15) is 9.90 Å². The number of hydrogen-bond donors (Lipinski definition) is 1. The minimum atomic E-state index is -0.565. The number of nitrogens with zero attached hydrogens (tertiary/aromatic N) is 3. The lowest BCUT2D eigenvalue weighted by Crippen LogP contribution is -2.08. The number of phenols is 1. The topological polar surface area (TPSA) is 85.2 Å². The second-order valence-corrected chi connectivity index (χ2v) is 7.45. The fourth-order valence-electron chi connectivity index (χ4n) is 2.97. The highest BCUT2D eigenvalue weighted by Crippen LogP contribution is 2.18. The molecule has 0 aliphatic carbocycles. The fourth-order valence-corrected chi connectivity index (χ4v) is 2.97. The van der Waals surface area contributed by atoms with Crippen LogP contribution in [0.3, 0.4) is 0 Å². The van der Waals surface area contributed by atoms with Gasteiger partial charge in [0.05, 0.1) is 0 Å². The molecule has 6 heteroatoms. The third-order valence-electron chi connectivity index (χ3n) is 4.76. The summed E-state index contributed by atoms with van der Waals surface area (Å²) >= 11 is 0. The van der Waals surface area contributed by atoms with Crippen molar-refractivity contribution < 1.29 is 14.6 Å². The molecule has 0 spiro atoms. The van der Waals surface area contributed by atoms with Crippen LogP contribution in [0.25, 0.3) is 0 Å². The second kappa shape index (κ2) is 14.7. The first-order chi connectivity index (χ1) is 15.6. The molecule has 3 aromatic rings. The van der Waals surface area contributed by atoms with E-state index in [1.807, 2.05) is 6.07 Å². The predicted molar refractivity (Wildman–Crippen MR) is 126 cm³/mol. The highest BCUT2D eigenvalue weighted by Gasteiger charge is 2.12. The number of aryl methyl sites for hydroxylation is 2. The summed E-state index contributed by atoms with van der Waals surface area (Å²) in [6.45, 7) is 4.42. The first kappa shape index (κ1) is 25.0. The van der Waals surface area contributed by atoms with E-state index in [0.29, 0.717) is 5.75 Å². The Morgan fingerprint density at radius 3 is 1.94 bits per heavy atom. The highest BCUT2D eigenvalue weighted by atomic mass is 16.5. The van der Waals surface area contributed by atoms with E-state index < -0.39 is 5.97 Å². The highest BCUT2D eigenvalue weighted by molar-refractivity contribution is 5.93. The van der Waals surface area contributed by atoms with Crippen molar-refractivity contribution in [2.24, 2.45) is 0 Å². The van der Waals surface area contributed by atoms with Gasteiger partial charge < -0.3 is 9.84 Å². The van der Waals surface area contributed by atoms with Crippen LogP contribution in [0.5, 0.6) is 11.5 Å². The van der Waals surface area contributed by atoms with Gasteiger partial charge in [-0.1, -0.05) is 69.9 Å².